The van der Waals surface area contributed by atoms with E-state index in [4.69, 9.17) is 9.15 Å². The van der Waals surface area contributed by atoms with Gasteiger partial charge in [0, 0.05) is 21.7 Å². The molecule has 4 aromatic rings. The fourth-order valence-electron chi connectivity index (χ4n) is 2.86. The molecule has 5 heteroatoms. The summed E-state index contributed by atoms with van der Waals surface area (Å²) in [6.45, 7) is 1.89. The number of benzene rings is 2. The monoisotopic (exact) mass is 307 g/mol. The van der Waals surface area contributed by atoms with Crippen molar-refractivity contribution in [1.29, 1.82) is 0 Å². The van der Waals surface area contributed by atoms with Gasteiger partial charge in [-0.25, -0.2) is 9.59 Å². The van der Waals surface area contributed by atoms with Crippen LogP contribution in [-0.4, -0.2) is 17.6 Å². The first-order chi connectivity index (χ1) is 11.2. The summed E-state index contributed by atoms with van der Waals surface area (Å²) in [5.74, 6) is -0.670. The first-order valence-electron chi connectivity index (χ1n) is 7.33. The van der Waals surface area contributed by atoms with E-state index in [2.05, 4.69) is 4.98 Å². The van der Waals surface area contributed by atoms with E-state index in [0.29, 0.717) is 11.0 Å². The molecule has 0 unspecified atom stereocenters. The van der Waals surface area contributed by atoms with E-state index >= 15 is 0 Å². The Morgan fingerprint density at radius 2 is 1.96 bits per heavy atom. The number of carbonyl (C=O) groups is 1. The quantitative estimate of drug-likeness (QED) is 0.453. The van der Waals surface area contributed by atoms with E-state index in [-0.39, 0.29) is 12.2 Å². The Labute approximate surface area is 130 Å². The van der Waals surface area contributed by atoms with Crippen molar-refractivity contribution in [3.63, 3.8) is 0 Å². The van der Waals surface area contributed by atoms with Gasteiger partial charge in [0.2, 0.25) is 0 Å². The summed E-state index contributed by atoms with van der Waals surface area (Å²) < 4.78 is 10.2. The highest BCUT2D eigenvalue weighted by Crippen LogP contribution is 2.30. The number of esters is 1. The van der Waals surface area contributed by atoms with Gasteiger partial charge >= 0.3 is 11.6 Å². The molecule has 0 saturated carbocycles. The van der Waals surface area contributed by atoms with Crippen molar-refractivity contribution < 1.29 is 13.9 Å². The number of aromatic nitrogens is 1. The highest BCUT2D eigenvalue weighted by molar-refractivity contribution is 6.16. The third kappa shape index (κ3) is 2.01. The van der Waals surface area contributed by atoms with E-state index < -0.39 is 11.6 Å². The van der Waals surface area contributed by atoms with Crippen LogP contribution in [-0.2, 0) is 4.74 Å². The minimum Gasteiger partial charge on any atom is -0.462 e. The fourth-order valence-corrected chi connectivity index (χ4v) is 2.86. The lowest BCUT2D eigenvalue weighted by Gasteiger charge is -2.03. The van der Waals surface area contributed by atoms with Gasteiger partial charge in [0.05, 0.1) is 12.1 Å². The van der Waals surface area contributed by atoms with Crippen LogP contribution in [0.3, 0.4) is 0 Å². The number of nitrogens with one attached hydrogen (secondary N) is 1. The summed E-state index contributed by atoms with van der Waals surface area (Å²) in [4.78, 5) is 27.2. The standard InChI is InChI=1S/C18H13NO4/c1-2-22-17(20)13-9-12-15(23-18(13)21)8-7-11-10-5-3-4-6-14(10)19-16(11)12/h3-9,19H,2H2,1H3. The number of hydrogen-bond donors (Lipinski definition) is 1. The zero-order valence-corrected chi connectivity index (χ0v) is 12.4. The van der Waals surface area contributed by atoms with Gasteiger partial charge in [0.25, 0.3) is 0 Å². The van der Waals surface area contributed by atoms with Crippen LogP contribution in [0.4, 0.5) is 0 Å². The second kappa shape index (κ2) is 4.98. The molecule has 2 aromatic carbocycles. The zero-order chi connectivity index (χ0) is 16.0. The second-order valence-corrected chi connectivity index (χ2v) is 5.24. The average molecular weight is 307 g/mol. The maximum Gasteiger partial charge on any atom is 0.351 e. The molecule has 0 spiro atoms. The molecular formula is C18H13NO4. The molecule has 0 atom stereocenters. The SMILES string of the molecule is CCOC(=O)c1cc2c(ccc3c4ccccc4[nH]c23)oc1=O. The van der Waals surface area contributed by atoms with Gasteiger partial charge in [-0.2, -0.15) is 0 Å². The van der Waals surface area contributed by atoms with E-state index in [1.54, 1.807) is 13.0 Å². The normalized spacial score (nSPS) is 11.3. The summed E-state index contributed by atoms with van der Waals surface area (Å²) in [6.07, 6.45) is 0. The largest absolute Gasteiger partial charge is 0.462 e. The van der Waals surface area contributed by atoms with Crippen molar-refractivity contribution >= 4 is 38.7 Å². The Hall–Kier alpha value is -3.08. The van der Waals surface area contributed by atoms with Crippen molar-refractivity contribution in [1.82, 2.24) is 4.98 Å². The number of fused-ring (bicyclic) bond motifs is 5. The summed E-state index contributed by atoms with van der Waals surface area (Å²) in [5.41, 5.74) is 1.47. The van der Waals surface area contributed by atoms with Crippen LogP contribution in [0.2, 0.25) is 0 Å². The number of para-hydroxylation sites is 1. The highest BCUT2D eigenvalue weighted by Gasteiger charge is 2.17. The predicted molar refractivity (Wildman–Crippen MR) is 87.8 cm³/mol. The molecule has 5 nitrogen and oxygen atoms in total. The third-order valence-corrected chi connectivity index (χ3v) is 3.89. The third-order valence-electron chi connectivity index (χ3n) is 3.89. The van der Waals surface area contributed by atoms with Gasteiger partial charge < -0.3 is 14.1 Å². The van der Waals surface area contributed by atoms with Gasteiger partial charge in [-0.15, -0.1) is 0 Å². The molecule has 0 aliphatic heterocycles. The molecule has 0 bridgehead atoms. The maximum atomic E-state index is 12.0. The van der Waals surface area contributed by atoms with Crippen LogP contribution >= 0.6 is 0 Å². The molecular weight excluding hydrogens is 294 g/mol. The summed E-state index contributed by atoms with van der Waals surface area (Å²) in [6, 6.07) is 13.1. The number of hydrogen-bond acceptors (Lipinski definition) is 4. The first kappa shape index (κ1) is 13.6. The predicted octanol–water partition coefficient (Wildman–Crippen LogP) is 3.60. The van der Waals surface area contributed by atoms with Crippen molar-refractivity contribution in [3.05, 3.63) is 58.4 Å². The highest BCUT2D eigenvalue weighted by atomic mass is 16.5. The van der Waals surface area contributed by atoms with Gasteiger partial charge in [-0.1, -0.05) is 18.2 Å². The topological polar surface area (TPSA) is 72.3 Å². The maximum absolute atomic E-state index is 12.0. The van der Waals surface area contributed by atoms with Crippen molar-refractivity contribution in [2.24, 2.45) is 0 Å². The molecule has 0 aliphatic carbocycles. The molecule has 2 aromatic heterocycles. The van der Waals surface area contributed by atoms with Gasteiger partial charge in [-0.05, 0) is 31.2 Å². The van der Waals surface area contributed by atoms with E-state index in [9.17, 15) is 9.59 Å². The lowest BCUT2D eigenvalue weighted by atomic mass is 10.1. The molecule has 4 rings (SSSR count). The Bertz CT molecular complexity index is 1120. The molecule has 0 amide bonds. The summed E-state index contributed by atoms with van der Waals surface area (Å²) >= 11 is 0. The molecule has 114 valence electrons. The number of ether oxygens (including phenoxy) is 1. The first-order valence-corrected chi connectivity index (χ1v) is 7.33. The van der Waals surface area contributed by atoms with Crippen molar-refractivity contribution in [2.75, 3.05) is 6.61 Å². The van der Waals surface area contributed by atoms with E-state index in [1.165, 1.54) is 6.07 Å². The van der Waals surface area contributed by atoms with E-state index in [0.717, 1.165) is 21.8 Å². The lowest BCUT2D eigenvalue weighted by Crippen LogP contribution is -2.16. The second-order valence-electron chi connectivity index (χ2n) is 5.24. The molecule has 0 fully saturated rings. The van der Waals surface area contributed by atoms with Gasteiger partial charge in [-0.3, -0.25) is 0 Å². The number of rotatable bonds is 2. The molecule has 23 heavy (non-hydrogen) atoms. The van der Waals surface area contributed by atoms with Crippen LogP contribution in [0.1, 0.15) is 17.3 Å². The number of carbonyl (C=O) groups excluding carboxylic acids is 1. The molecule has 2 heterocycles. The minimum absolute atomic E-state index is 0.0921. The van der Waals surface area contributed by atoms with Crippen LogP contribution in [0.25, 0.3) is 32.8 Å². The Morgan fingerprint density at radius 3 is 2.78 bits per heavy atom. The number of aromatic amines is 1. The zero-order valence-electron chi connectivity index (χ0n) is 12.4. The molecule has 0 aliphatic rings. The number of H-pyrrole nitrogens is 1. The molecule has 1 N–H and O–H groups in total. The Balaban J connectivity index is 2.10. The van der Waals surface area contributed by atoms with E-state index in [1.807, 2.05) is 30.3 Å². The van der Waals surface area contributed by atoms with Crippen molar-refractivity contribution in [3.8, 4) is 0 Å². The summed E-state index contributed by atoms with van der Waals surface area (Å²) in [5, 5.41) is 2.77. The Morgan fingerprint density at radius 1 is 1.13 bits per heavy atom. The molecule has 0 saturated heterocycles. The van der Waals surface area contributed by atoms with Gasteiger partial charge in [0.1, 0.15) is 11.1 Å². The lowest BCUT2D eigenvalue weighted by molar-refractivity contribution is 0.0522. The summed E-state index contributed by atoms with van der Waals surface area (Å²) in [7, 11) is 0. The smallest absolute Gasteiger partial charge is 0.351 e. The molecule has 0 radical (unpaired) electrons. The van der Waals surface area contributed by atoms with Crippen LogP contribution in [0.5, 0.6) is 0 Å². The Kier molecular flexibility index (Phi) is 2.94. The van der Waals surface area contributed by atoms with Crippen LogP contribution in [0.15, 0.2) is 51.7 Å². The van der Waals surface area contributed by atoms with Crippen molar-refractivity contribution in [2.45, 2.75) is 6.92 Å². The fraction of sp³-hybridized carbons (Fsp3) is 0.111. The minimum atomic E-state index is -0.689. The average Bonchev–Trinajstić information content (AvgIpc) is 2.93. The van der Waals surface area contributed by atoms with Crippen LogP contribution in [0, 0.1) is 0 Å². The van der Waals surface area contributed by atoms with Gasteiger partial charge in [0.15, 0.2) is 0 Å². The van der Waals surface area contributed by atoms with Crippen LogP contribution < -0.4 is 5.63 Å².